The van der Waals surface area contributed by atoms with Gasteiger partial charge in [0.1, 0.15) is 5.78 Å². The van der Waals surface area contributed by atoms with Gasteiger partial charge in [-0.25, -0.2) is 0 Å². The highest BCUT2D eigenvalue weighted by Crippen LogP contribution is 2.48. The lowest BCUT2D eigenvalue weighted by Crippen LogP contribution is -2.47. The zero-order valence-electron chi connectivity index (χ0n) is 8.38. The molecule has 2 nitrogen and oxygen atoms in total. The first kappa shape index (κ1) is 9.20. The maximum absolute atomic E-state index is 11.5. The van der Waals surface area contributed by atoms with Crippen LogP contribution in [0.25, 0.3) is 0 Å². The summed E-state index contributed by atoms with van der Waals surface area (Å²) in [6.07, 6.45) is 6.47. The molecule has 0 radical (unpaired) electrons. The van der Waals surface area contributed by atoms with E-state index in [2.05, 4.69) is 6.92 Å². The third kappa shape index (κ3) is 1.41. The van der Waals surface area contributed by atoms with Crippen LogP contribution in [0.1, 0.15) is 45.4 Å². The van der Waals surface area contributed by atoms with E-state index < -0.39 is 0 Å². The molecule has 2 heteroatoms. The van der Waals surface area contributed by atoms with E-state index in [0.717, 1.165) is 25.7 Å². The molecule has 0 spiro atoms. The smallest absolute Gasteiger partial charge is 0.136 e. The van der Waals surface area contributed by atoms with E-state index in [9.17, 15) is 4.79 Å². The molecule has 0 aromatic rings. The lowest BCUT2D eigenvalue weighted by molar-refractivity contribution is -0.130. The summed E-state index contributed by atoms with van der Waals surface area (Å²) in [7, 11) is 0. The standard InChI is InChI=1S/C11H19NO/c1-8(12)11-5-2-3-9(7-11)10(13)4-6-11/h8-9H,2-7,12H2,1H3. The van der Waals surface area contributed by atoms with Gasteiger partial charge >= 0.3 is 0 Å². The molecule has 3 unspecified atom stereocenters. The fourth-order valence-corrected chi connectivity index (χ4v) is 3.11. The van der Waals surface area contributed by atoms with Gasteiger partial charge in [-0.15, -0.1) is 0 Å². The van der Waals surface area contributed by atoms with Gasteiger partial charge in [-0.2, -0.15) is 0 Å². The second kappa shape index (κ2) is 3.09. The summed E-state index contributed by atoms with van der Waals surface area (Å²) < 4.78 is 0. The summed E-state index contributed by atoms with van der Waals surface area (Å²) in [5.74, 6) is 0.851. The van der Waals surface area contributed by atoms with Gasteiger partial charge in [0.05, 0.1) is 0 Å². The average Bonchev–Trinajstić information content (AvgIpc) is 2.13. The van der Waals surface area contributed by atoms with Crippen molar-refractivity contribution < 1.29 is 4.79 Å². The van der Waals surface area contributed by atoms with E-state index in [1.54, 1.807) is 0 Å². The van der Waals surface area contributed by atoms with Crippen LogP contribution in [-0.4, -0.2) is 11.8 Å². The van der Waals surface area contributed by atoms with Crippen molar-refractivity contribution in [1.82, 2.24) is 0 Å². The van der Waals surface area contributed by atoms with Crippen LogP contribution >= 0.6 is 0 Å². The molecule has 0 aliphatic heterocycles. The van der Waals surface area contributed by atoms with Gasteiger partial charge in [0.2, 0.25) is 0 Å². The maximum atomic E-state index is 11.5. The third-order valence-corrected chi connectivity index (χ3v) is 4.17. The molecule has 0 aromatic carbocycles. The molecular formula is C11H19NO. The number of rotatable bonds is 1. The molecule has 0 saturated heterocycles. The first-order valence-corrected chi connectivity index (χ1v) is 5.42. The first-order valence-electron chi connectivity index (χ1n) is 5.42. The molecule has 3 atom stereocenters. The zero-order valence-corrected chi connectivity index (χ0v) is 8.38. The van der Waals surface area contributed by atoms with Crippen LogP contribution in [0.3, 0.4) is 0 Å². The van der Waals surface area contributed by atoms with Crippen molar-refractivity contribution in [2.24, 2.45) is 17.1 Å². The van der Waals surface area contributed by atoms with E-state index >= 15 is 0 Å². The van der Waals surface area contributed by atoms with Gasteiger partial charge in [0, 0.05) is 18.4 Å². The molecule has 74 valence electrons. The van der Waals surface area contributed by atoms with Gasteiger partial charge in [-0.05, 0) is 38.0 Å². The minimum atomic E-state index is 0.267. The van der Waals surface area contributed by atoms with Crippen molar-refractivity contribution in [2.45, 2.75) is 51.5 Å². The van der Waals surface area contributed by atoms with Crippen LogP contribution in [0.4, 0.5) is 0 Å². The summed E-state index contributed by atoms with van der Waals surface area (Å²) in [4.78, 5) is 11.5. The van der Waals surface area contributed by atoms with Crippen LogP contribution in [0.15, 0.2) is 0 Å². The molecule has 0 aromatic heterocycles. The number of Topliss-reactive ketones (excluding diaryl/α,β-unsaturated/α-hetero) is 1. The van der Waals surface area contributed by atoms with Gasteiger partial charge in [-0.3, -0.25) is 4.79 Å². The number of fused-ring (bicyclic) bond motifs is 2. The van der Waals surface area contributed by atoms with Crippen molar-refractivity contribution >= 4 is 5.78 Å². The predicted octanol–water partition coefficient (Wildman–Crippen LogP) is 1.87. The summed E-state index contributed by atoms with van der Waals surface area (Å²) in [6, 6.07) is 0.267. The topological polar surface area (TPSA) is 43.1 Å². The summed E-state index contributed by atoms with van der Waals surface area (Å²) in [6.45, 7) is 2.11. The van der Waals surface area contributed by atoms with E-state index in [0.29, 0.717) is 17.1 Å². The number of ketones is 1. The zero-order chi connectivity index (χ0) is 9.47. The Labute approximate surface area is 79.9 Å². The van der Waals surface area contributed by atoms with E-state index in [1.165, 1.54) is 12.8 Å². The van der Waals surface area contributed by atoms with E-state index in [1.807, 2.05) is 0 Å². The van der Waals surface area contributed by atoms with Crippen LogP contribution in [-0.2, 0) is 4.79 Å². The van der Waals surface area contributed by atoms with Crippen molar-refractivity contribution in [3.63, 3.8) is 0 Å². The second-order valence-electron chi connectivity index (χ2n) is 4.91. The monoisotopic (exact) mass is 181 g/mol. The Morgan fingerprint density at radius 2 is 2.31 bits per heavy atom. The van der Waals surface area contributed by atoms with Crippen molar-refractivity contribution in [3.05, 3.63) is 0 Å². The average molecular weight is 181 g/mol. The van der Waals surface area contributed by atoms with Crippen LogP contribution in [0.5, 0.6) is 0 Å². The van der Waals surface area contributed by atoms with Crippen molar-refractivity contribution in [3.8, 4) is 0 Å². The molecule has 2 N–H and O–H groups in total. The SMILES string of the molecule is CC(N)C12CCCC(C1)C(=O)CC2. The van der Waals surface area contributed by atoms with Gasteiger partial charge < -0.3 is 5.73 Å². The van der Waals surface area contributed by atoms with Gasteiger partial charge in [0.15, 0.2) is 0 Å². The van der Waals surface area contributed by atoms with Crippen molar-refractivity contribution in [1.29, 1.82) is 0 Å². The molecule has 2 aliphatic carbocycles. The molecule has 0 amide bonds. The van der Waals surface area contributed by atoms with Gasteiger partial charge in [-0.1, -0.05) is 6.42 Å². The summed E-state index contributed by atoms with van der Waals surface area (Å²) >= 11 is 0. The Hall–Kier alpha value is -0.370. The number of hydrogen-bond donors (Lipinski definition) is 1. The minimum Gasteiger partial charge on any atom is -0.327 e. The number of carbonyl (C=O) groups excluding carboxylic acids is 1. The maximum Gasteiger partial charge on any atom is 0.136 e. The van der Waals surface area contributed by atoms with Crippen LogP contribution in [0, 0.1) is 11.3 Å². The largest absolute Gasteiger partial charge is 0.327 e. The Morgan fingerprint density at radius 3 is 3.00 bits per heavy atom. The number of nitrogens with two attached hydrogens (primary N) is 1. The van der Waals surface area contributed by atoms with E-state index in [4.69, 9.17) is 5.73 Å². The van der Waals surface area contributed by atoms with Crippen LogP contribution in [0.2, 0.25) is 0 Å². The van der Waals surface area contributed by atoms with Crippen molar-refractivity contribution in [2.75, 3.05) is 0 Å². The third-order valence-electron chi connectivity index (χ3n) is 4.17. The molecule has 2 rings (SSSR count). The second-order valence-corrected chi connectivity index (χ2v) is 4.91. The number of hydrogen-bond acceptors (Lipinski definition) is 2. The Balaban J connectivity index is 2.18. The molecule has 2 aliphatic rings. The Morgan fingerprint density at radius 1 is 1.54 bits per heavy atom. The lowest BCUT2D eigenvalue weighted by Gasteiger charge is -2.47. The normalized spacial score (nSPS) is 41.7. The summed E-state index contributed by atoms with van der Waals surface area (Å²) in [5.41, 5.74) is 6.36. The molecular weight excluding hydrogens is 162 g/mol. The molecule has 2 fully saturated rings. The highest BCUT2D eigenvalue weighted by atomic mass is 16.1. The summed E-state index contributed by atoms with van der Waals surface area (Å²) in [5, 5.41) is 0. The quantitative estimate of drug-likeness (QED) is 0.671. The fraction of sp³-hybridized carbons (Fsp3) is 0.909. The highest BCUT2D eigenvalue weighted by molar-refractivity contribution is 5.82. The Kier molecular flexibility index (Phi) is 2.18. The van der Waals surface area contributed by atoms with Gasteiger partial charge in [0.25, 0.3) is 0 Å². The fourth-order valence-electron chi connectivity index (χ4n) is 3.11. The molecule has 13 heavy (non-hydrogen) atoms. The van der Waals surface area contributed by atoms with E-state index in [-0.39, 0.29) is 6.04 Å². The van der Waals surface area contributed by atoms with Crippen LogP contribution < -0.4 is 5.73 Å². The highest BCUT2D eigenvalue weighted by Gasteiger charge is 2.44. The number of carbonyl (C=O) groups is 1. The predicted molar refractivity (Wildman–Crippen MR) is 52.3 cm³/mol. The Bertz CT molecular complexity index is 224. The molecule has 0 heterocycles. The molecule has 2 bridgehead atoms. The lowest BCUT2D eigenvalue weighted by atomic mass is 9.59. The first-order chi connectivity index (χ1) is 6.14. The minimum absolute atomic E-state index is 0.267. The molecule has 2 saturated carbocycles.